The summed E-state index contributed by atoms with van der Waals surface area (Å²) in [6.45, 7) is 0.985. The van der Waals surface area contributed by atoms with E-state index in [9.17, 15) is 30.3 Å². The molecule has 0 aromatic heterocycles. The fourth-order valence-electron chi connectivity index (χ4n) is 6.87. The topological polar surface area (TPSA) is 164 Å². The molecule has 7 aliphatic rings. The third kappa shape index (κ3) is 2.59. The van der Waals surface area contributed by atoms with E-state index in [0.29, 0.717) is 5.56 Å². The van der Waals surface area contributed by atoms with Crippen LogP contribution in [0.25, 0.3) is 0 Å². The molecule has 4 aliphatic heterocycles. The van der Waals surface area contributed by atoms with E-state index in [1.54, 1.807) is 37.3 Å². The lowest BCUT2D eigenvalue weighted by Crippen LogP contribution is -2.80. The summed E-state index contributed by atoms with van der Waals surface area (Å²) in [5.41, 5.74) is -2.99. The Morgan fingerprint density at radius 2 is 1.85 bits per heavy atom. The number of ether oxygens (including phenoxy) is 5. The minimum absolute atomic E-state index is 0.0902. The maximum atomic E-state index is 12.7. The van der Waals surface area contributed by atoms with Gasteiger partial charge in [-0.05, 0) is 25.5 Å². The molecule has 6 bridgehead atoms. The maximum absolute atomic E-state index is 12.7. The van der Waals surface area contributed by atoms with E-state index in [4.69, 9.17) is 23.7 Å². The fourth-order valence-corrected chi connectivity index (χ4v) is 6.87. The van der Waals surface area contributed by atoms with Crippen LogP contribution in [0, 0.1) is 11.3 Å². The van der Waals surface area contributed by atoms with Gasteiger partial charge in [0.05, 0.1) is 17.6 Å². The number of hydrogen-bond donors (Lipinski definition) is 5. The summed E-state index contributed by atoms with van der Waals surface area (Å²) in [6.07, 6.45) is -7.87. The zero-order valence-corrected chi connectivity index (χ0v) is 18.4. The fraction of sp³-hybridized carbons (Fsp3) is 0.696. The molecule has 1 aromatic carbocycles. The lowest BCUT2D eigenvalue weighted by Gasteiger charge is -2.67. The minimum atomic E-state index is -1.61. The number of benzene rings is 1. The summed E-state index contributed by atoms with van der Waals surface area (Å²) in [5, 5.41) is 51.7. The predicted octanol–water partition coefficient (Wildman–Crippen LogP) is -1.36. The molecule has 186 valence electrons. The summed E-state index contributed by atoms with van der Waals surface area (Å²) in [4.78, 5) is 12.7. The SMILES string of the molecule is C[C@]12C[C@@]3(O)O[C@@H](O1)[C@@]1(COC(=O)c4ccccc4)[C@H]3C[C@@]12O[C@@H]1O[C@H](CO)[C@@H](O)[C@H](O)[C@H]1O. The Morgan fingerprint density at radius 1 is 1.12 bits per heavy atom. The highest BCUT2D eigenvalue weighted by Crippen LogP contribution is 2.81. The van der Waals surface area contributed by atoms with Crippen LogP contribution < -0.4 is 0 Å². The number of aliphatic hydroxyl groups excluding tert-OH is 4. The lowest BCUT2D eigenvalue weighted by atomic mass is 9.41. The van der Waals surface area contributed by atoms with Crippen LogP contribution in [0.4, 0.5) is 0 Å². The van der Waals surface area contributed by atoms with Crippen molar-refractivity contribution in [2.24, 2.45) is 11.3 Å². The van der Waals surface area contributed by atoms with E-state index in [1.807, 2.05) is 0 Å². The molecule has 0 unspecified atom stereocenters. The molecule has 4 saturated heterocycles. The van der Waals surface area contributed by atoms with Gasteiger partial charge in [-0.25, -0.2) is 4.79 Å². The zero-order chi connectivity index (χ0) is 24.1. The first kappa shape index (κ1) is 22.8. The second-order valence-electron chi connectivity index (χ2n) is 10.2. The van der Waals surface area contributed by atoms with Crippen molar-refractivity contribution < 1.29 is 54.0 Å². The van der Waals surface area contributed by atoms with E-state index >= 15 is 0 Å². The van der Waals surface area contributed by atoms with Crippen molar-refractivity contribution in [3.8, 4) is 0 Å². The van der Waals surface area contributed by atoms with Gasteiger partial charge in [-0.1, -0.05) is 18.2 Å². The summed E-state index contributed by atoms with van der Waals surface area (Å²) < 4.78 is 29.7. The van der Waals surface area contributed by atoms with Crippen LogP contribution in [0.3, 0.4) is 0 Å². The molecule has 11 atom stereocenters. The molecule has 0 amide bonds. The number of carbonyl (C=O) groups excluding carboxylic acids is 1. The van der Waals surface area contributed by atoms with E-state index in [-0.39, 0.29) is 19.4 Å². The van der Waals surface area contributed by atoms with Gasteiger partial charge >= 0.3 is 5.97 Å². The van der Waals surface area contributed by atoms with Crippen LogP contribution in [-0.4, -0.2) is 98.7 Å². The van der Waals surface area contributed by atoms with Crippen LogP contribution >= 0.6 is 0 Å². The number of aliphatic hydroxyl groups is 5. The zero-order valence-electron chi connectivity index (χ0n) is 18.4. The van der Waals surface area contributed by atoms with Crippen LogP contribution in [0.1, 0.15) is 30.1 Å². The van der Waals surface area contributed by atoms with E-state index < -0.39 is 77.9 Å². The second-order valence-corrected chi connectivity index (χ2v) is 10.2. The summed E-state index contributed by atoms with van der Waals surface area (Å²) >= 11 is 0. The number of rotatable bonds is 6. The van der Waals surface area contributed by atoms with E-state index in [1.165, 1.54) is 0 Å². The minimum Gasteiger partial charge on any atom is -0.461 e. The first-order valence-corrected chi connectivity index (χ1v) is 11.4. The van der Waals surface area contributed by atoms with Gasteiger partial charge in [-0.3, -0.25) is 0 Å². The van der Waals surface area contributed by atoms with Gasteiger partial charge in [0.15, 0.2) is 18.4 Å². The molecule has 11 heteroatoms. The molecule has 3 saturated carbocycles. The molecule has 4 heterocycles. The van der Waals surface area contributed by atoms with Gasteiger partial charge in [0.2, 0.25) is 0 Å². The standard InChI is InChI=1S/C23H28O11/c1-20-9-22(29)13-7-23(20,32-18-16(27)15(26)14(25)12(8-24)31-18)21(13,19(33-20)34-22)10-30-17(28)11-5-3-2-4-6-11/h2-6,12-16,18-19,24-27,29H,7-10H2,1H3/t12-,13-,14-,15+,16-,18+,19-,20-,21-,22-,23+/m1/s1. The molecular formula is C23H28O11. The molecule has 0 radical (unpaired) electrons. The van der Waals surface area contributed by atoms with Crippen molar-refractivity contribution in [1.82, 2.24) is 0 Å². The molecule has 0 spiro atoms. The highest BCUT2D eigenvalue weighted by Gasteiger charge is 2.94. The first-order valence-electron chi connectivity index (χ1n) is 11.4. The molecule has 11 nitrogen and oxygen atoms in total. The van der Waals surface area contributed by atoms with Gasteiger partial charge in [-0.15, -0.1) is 0 Å². The van der Waals surface area contributed by atoms with Gasteiger partial charge in [0, 0.05) is 12.3 Å². The van der Waals surface area contributed by atoms with Gasteiger partial charge < -0.3 is 49.2 Å². The number of carbonyl (C=O) groups is 1. The molecular weight excluding hydrogens is 452 g/mol. The van der Waals surface area contributed by atoms with E-state index in [2.05, 4.69) is 0 Å². The number of esters is 1. The molecule has 3 aliphatic carbocycles. The summed E-state index contributed by atoms with van der Waals surface area (Å²) in [6, 6.07) is 8.47. The Balaban J connectivity index is 1.32. The molecule has 5 N–H and O–H groups in total. The van der Waals surface area contributed by atoms with Gasteiger partial charge in [0.1, 0.15) is 42.2 Å². The van der Waals surface area contributed by atoms with Crippen molar-refractivity contribution in [2.75, 3.05) is 13.2 Å². The van der Waals surface area contributed by atoms with Crippen LogP contribution in [0.5, 0.6) is 0 Å². The van der Waals surface area contributed by atoms with Crippen LogP contribution in [0.15, 0.2) is 30.3 Å². The average Bonchev–Trinajstić information content (AvgIpc) is 3.00. The summed E-state index contributed by atoms with van der Waals surface area (Å²) in [7, 11) is 0. The summed E-state index contributed by atoms with van der Waals surface area (Å²) in [5.74, 6) is -2.49. The second kappa shape index (κ2) is 7.19. The Kier molecular flexibility index (Phi) is 4.81. The molecule has 1 aromatic rings. The van der Waals surface area contributed by atoms with Gasteiger partial charge in [0.25, 0.3) is 0 Å². The Hall–Kier alpha value is -1.67. The van der Waals surface area contributed by atoms with Crippen molar-refractivity contribution in [3.05, 3.63) is 35.9 Å². The van der Waals surface area contributed by atoms with Crippen LogP contribution in [-0.2, 0) is 23.7 Å². The third-order valence-corrected chi connectivity index (χ3v) is 8.57. The third-order valence-electron chi connectivity index (χ3n) is 8.57. The Morgan fingerprint density at radius 3 is 2.56 bits per heavy atom. The van der Waals surface area contributed by atoms with E-state index in [0.717, 1.165) is 0 Å². The molecule has 8 rings (SSSR count). The normalized spacial score (nSPS) is 52.5. The molecule has 34 heavy (non-hydrogen) atoms. The van der Waals surface area contributed by atoms with Crippen molar-refractivity contribution in [3.63, 3.8) is 0 Å². The lowest BCUT2D eigenvalue weighted by molar-refractivity contribution is -0.424. The quantitative estimate of drug-likeness (QED) is 0.306. The first-order chi connectivity index (χ1) is 16.1. The van der Waals surface area contributed by atoms with Crippen molar-refractivity contribution in [1.29, 1.82) is 0 Å². The molecule has 7 fully saturated rings. The number of hydrogen-bond acceptors (Lipinski definition) is 11. The highest BCUT2D eigenvalue weighted by molar-refractivity contribution is 5.89. The largest absolute Gasteiger partial charge is 0.461 e. The Bertz CT molecular complexity index is 988. The Labute approximate surface area is 194 Å². The predicted molar refractivity (Wildman–Crippen MR) is 109 cm³/mol. The maximum Gasteiger partial charge on any atom is 0.338 e. The van der Waals surface area contributed by atoms with Crippen molar-refractivity contribution >= 4 is 5.97 Å². The van der Waals surface area contributed by atoms with Crippen molar-refractivity contribution in [2.45, 2.75) is 73.8 Å². The monoisotopic (exact) mass is 480 g/mol. The van der Waals surface area contributed by atoms with Crippen LogP contribution in [0.2, 0.25) is 0 Å². The highest BCUT2D eigenvalue weighted by atomic mass is 16.8. The smallest absolute Gasteiger partial charge is 0.338 e. The van der Waals surface area contributed by atoms with Gasteiger partial charge in [-0.2, -0.15) is 0 Å². The average molecular weight is 480 g/mol.